The molecule has 4 nitrogen and oxygen atoms in total. The summed E-state index contributed by atoms with van der Waals surface area (Å²) in [6.45, 7) is 2.22. The molecule has 0 amide bonds. The highest BCUT2D eigenvalue weighted by molar-refractivity contribution is 7.89. The standard InChI is InChI=1S/C14H16F3NO3S/c1-3-4-9-21-10-13(14(15,16)17)18-22(19,20)12-7-5-11(2)6-8-12/h5-8,13,18H,9-10H2,1-2H3. The van der Waals surface area contributed by atoms with Gasteiger partial charge in [-0.25, -0.2) is 8.42 Å². The molecule has 0 heterocycles. The number of hydrogen-bond acceptors (Lipinski definition) is 3. The van der Waals surface area contributed by atoms with Crippen LogP contribution in [0, 0.1) is 18.8 Å². The molecule has 0 aromatic heterocycles. The zero-order valence-corrected chi connectivity index (χ0v) is 12.9. The van der Waals surface area contributed by atoms with E-state index in [4.69, 9.17) is 4.74 Å². The molecule has 8 heteroatoms. The lowest BCUT2D eigenvalue weighted by Gasteiger charge is -2.21. The summed E-state index contributed by atoms with van der Waals surface area (Å²) in [6, 6.07) is 3.16. The van der Waals surface area contributed by atoms with Crippen LogP contribution in [0.25, 0.3) is 0 Å². The van der Waals surface area contributed by atoms with Crippen LogP contribution in [0.15, 0.2) is 29.2 Å². The number of halogens is 3. The number of aryl methyl sites for hydroxylation is 1. The van der Waals surface area contributed by atoms with Crippen molar-refractivity contribution in [3.05, 3.63) is 29.8 Å². The lowest BCUT2D eigenvalue weighted by molar-refractivity contribution is -0.162. The summed E-state index contributed by atoms with van der Waals surface area (Å²) in [6.07, 6.45) is -4.77. The van der Waals surface area contributed by atoms with Crippen molar-refractivity contribution in [1.82, 2.24) is 4.72 Å². The second-order valence-electron chi connectivity index (χ2n) is 4.47. The molecule has 0 bridgehead atoms. The van der Waals surface area contributed by atoms with Crippen LogP contribution in [0.2, 0.25) is 0 Å². The molecule has 1 unspecified atom stereocenters. The van der Waals surface area contributed by atoms with Crippen molar-refractivity contribution in [2.24, 2.45) is 0 Å². The van der Waals surface area contributed by atoms with E-state index >= 15 is 0 Å². The first-order chi connectivity index (χ1) is 10.2. The van der Waals surface area contributed by atoms with Crippen molar-refractivity contribution in [3.8, 4) is 11.8 Å². The van der Waals surface area contributed by atoms with Crippen LogP contribution in [0.4, 0.5) is 13.2 Å². The number of nitrogens with one attached hydrogen (secondary N) is 1. The summed E-state index contributed by atoms with van der Waals surface area (Å²) >= 11 is 0. The van der Waals surface area contributed by atoms with Gasteiger partial charge in [-0.3, -0.25) is 0 Å². The minimum atomic E-state index is -4.77. The van der Waals surface area contributed by atoms with Gasteiger partial charge in [-0.15, -0.1) is 5.92 Å². The van der Waals surface area contributed by atoms with Crippen molar-refractivity contribution in [2.75, 3.05) is 13.2 Å². The zero-order valence-electron chi connectivity index (χ0n) is 12.1. The normalized spacial score (nSPS) is 13.3. The van der Waals surface area contributed by atoms with Crippen molar-refractivity contribution in [2.45, 2.75) is 31.0 Å². The molecule has 0 aliphatic heterocycles. The first-order valence-corrected chi connectivity index (χ1v) is 7.78. The number of benzene rings is 1. The van der Waals surface area contributed by atoms with Gasteiger partial charge in [0.25, 0.3) is 0 Å². The lowest BCUT2D eigenvalue weighted by Crippen LogP contribution is -2.48. The van der Waals surface area contributed by atoms with E-state index in [2.05, 4.69) is 11.8 Å². The largest absolute Gasteiger partial charge is 0.407 e. The lowest BCUT2D eigenvalue weighted by atomic mass is 10.2. The molecule has 1 aromatic carbocycles. The van der Waals surface area contributed by atoms with Gasteiger partial charge in [0.15, 0.2) is 0 Å². The average Bonchev–Trinajstić information content (AvgIpc) is 2.41. The Morgan fingerprint density at radius 2 is 1.86 bits per heavy atom. The molecule has 0 saturated carbocycles. The molecule has 0 aliphatic carbocycles. The molecule has 22 heavy (non-hydrogen) atoms. The maximum absolute atomic E-state index is 12.9. The topological polar surface area (TPSA) is 55.4 Å². The Balaban J connectivity index is 2.87. The molecule has 0 saturated heterocycles. The molecule has 1 aromatic rings. The molecule has 0 fully saturated rings. The van der Waals surface area contributed by atoms with Crippen molar-refractivity contribution < 1.29 is 26.3 Å². The van der Waals surface area contributed by atoms with Crippen LogP contribution in [0.3, 0.4) is 0 Å². The Labute approximate surface area is 127 Å². The van der Waals surface area contributed by atoms with Gasteiger partial charge in [0, 0.05) is 0 Å². The monoisotopic (exact) mass is 335 g/mol. The van der Waals surface area contributed by atoms with Crippen LogP contribution in [-0.2, 0) is 14.8 Å². The average molecular weight is 335 g/mol. The molecule has 0 aliphatic rings. The van der Waals surface area contributed by atoms with Gasteiger partial charge in [-0.1, -0.05) is 23.6 Å². The van der Waals surface area contributed by atoms with Gasteiger partial charge in [0.05, 0.1) is 11.5 Å². The van der Waals surface area contributed by atoms with Gasteiger partial charge in [-0.2, -0.15) is 17.9 Å². The Bertz CT molecular complexity index is 643. The van der Waals surface area contributed by atoms with Crippen molar-refractivity contribution >= 4 is 10.0 Å². The van der Waals surface area contributed by atoms with Crippen molar-refractivity contribution in [3.63, 3.8) is 0 Å². The Hall–Kier alpha value is -1.56. The first-order valence-electron chi connectivity index (χ1n) is 6.30. The van der Waals surface area contributed by atoms with E-state index in [1.807, 2.05) is 0 Å². The van der Waals surface area contributed by atoms with E-state index in [1.54, 1.807) is 11.6 Å². The second kappa shape index (κ2) is 7.63. The summed E-state index contributed by atoms with van der Waals surface area (Å²) < 4.78 is 69.0. The molecule has 1 rings (SSSR count). The van der Waals surface area contributed by atoms with Crippen LogP contribution in [0.1, 0.15) is 12.5 Å². The molecule has 0 spiro atoms. The van der Waals surface area contributed by atoms with Crippen LogP contribution < -0.4 is 4.72 Å². The zero-order chi connectivity index (χ0) is 16.8. The summed E-state index contributed by atoms with van der Waals surface area (Å²) in [4.78, 5) is -0.235. The summed E-state index contributed by atoms with van der Waals surface area (Å²) in [7, 11) is -4.29. The highest BCUT2D eigenvalue weighted by Gasteiger charge is 2.42. The van der Waals surface area contributed by atoms with E-state index in [9.17, 15) is 21.6 Å². The van der Waals surface area contributed by atoms with Crippen LogP contribution in [-0.4, -0.2) is 33.8 Å². The van der Waals surface area contributed by atoms with Gasteiger partial charge in [-0.05, 0) is 26.0 Å². The van der Waals surface area contributed by atoms with E-state index in [1.165, 1.54) is 31.2 Å². The number of rotatable bonds is 6. The Morgan fingerprint density at radius 3 is 2.36 bits per heavy atom. The summed E-state index contributed by atoms with van der Waals surface area (Å²) in [5, 5.41) is 0. The SMILES string of the molecule is CC#CCOCC(NS(=O)(=O)c1ccc(C)cc1)C(F)(F)F. The minimum absolute atomic E-state index is 0.199. The van der Waals surface area contributed by atoms with Gasteiger partial charge >= 0.3 is 6.18 Å². The van der Waals surface area contributed by atoms with E-state index in [0.29, 0.717) is 0 Å². The summed E-state index contributed by atoms with van der Waals surface area (Å²) in [5.74, 6) is 4.90. The third kappa shape index (κ3) is 5.67. The Morgan fingerprint density at radius 1 is 1.27 bits per heavy atom. The fourth-order valence-electron chi connectivity index (χ4n) is 1.47. The fraction of sp³-hybridized carbons (Fsp3) is 0.429. The van der Waals surface area contributed by atoms with E-state index in [0.717, 1.165) is 5.56 Å². The molecular weight excluding hydrogens is 319 g/mol. The van der Waals surface area contributed by atoms with Crippen molar-refractivity contribution in [1.29, 1.82) is 0 Å². The van der Waals surface area contributed by atoms with E-state index in [-0.39, 0.29) is 11.5 Å². The third-order valence-corrected chi connectivity index (χ3v) is 4.15. The number of ether oxygens (including phenoxy) is 1. The number of alkyl halides is 3. The second-order valence-corrected chi connectivity index (χ2v) is 6.18. The van der Waals surface area contributed by atoms with Crippen LogP contribution >= 0.6 is 0 Å². The minimum Gasteiger partial charge on any atom is -0.367 e. The third-order valence-electron chi connectivity index (χ3n) is 2.66. The molecular formula is C14H16F3NO3S. The quantitative estimate of drug-likeness (QED) is 0.641. The predicted octanol–water partition coefficient (Wildman–Crippen LogP) is 2.24. The number of sulfonamides is 1. The van der Waals surface area contributed by atoms with Gasteiger partial charge in [0.1, 0.15) is 12.6 Å². The first kappa shape index (κ1) is 18.5. The van der Waals surface area contributed by atoms with Crippen LogP contribution in [0.5, 0.6) is 0 Å². The highest BCUT2D eigenvalue weighted by atomic mass is 32.2. The number of hydrogen-bond donors (Lipinski definition) is 1. The maximum atomic E-state index is 12.9. The van der Waals surface area contributed by atoms with Gasteiger partial charge in [0.2, 0.25) is 10.0 Å². The smallest absolute Gasteiger partial charge is 0.367 e. The van der Waals surface area contributed by atoms with E-state index < -0.39 is 28.8 Å². The van der Waals surface area contributed by atoms with Gasteiger partial charge < -0.3 is 4.74 Å². The highest BCUT2D eigenvalue weighted by Crippen LogP contribution is 2.22. The molecule has 122 valence electrons. The fourth-order valence-corrected chi connectivity index (χ4v) is 2.67. The molecule has 1 atom stereocenters. The predicted molar refractivity (Wildman–Crippen MR) is 75.6 cm³/mol. The maximum Gasteiger partial charge on any atom is 0.407 e. The summed E-state index contributed by atoms with van der Waals surface area (Å²) in [5.41, 5.74) is 0.799. The molecule has 1 N–H and O–H groups in total. The molecule has 0 radical (unpaired) electrons. The Kier molecular flexibility index (Phi) is 6.41.